The van der Waals surface area contributed by atoms with Crippen molar-refractivity contribution in [3.8, 4) is 23.0 Å². The largest absolute Gasteiger partial charge is 0.347 e. The quantitative estimate of drug-likeness (QED) is 0.410. The summed E-state index contributed by atoms with van der Waals surface area (Å²) in [6, 6.07) is 12.1. The number of nitriles is 1. The number of anilines is 1. The molecule has 0 radical (unpaired) electrons. The van der Waals surface area contributed by atoms with Crippen molar-refractivity contribution in [2.45, 2.75) is 33.2 Å². The molecule has 0 saturated carbocycles. The van der Waals surface area contributed by atoms with Crippen LogP contribution in [0.5, 0.6) is 0 Å². The second-order valence-corrected chi connectivity index (χ2v) is 10.2. The van der Waals surface area contributed by atoms with Gasteiger partial charge in [-0.2, -0.15) is 5.26 Å². The molecule has 0 spiro atoms. The molecule has 3 aromatic heterocycles. The molecule has 8 nitrogen and oxygen atoms in total. The minimum Gasteiger partial charge on any atom is -0.347 e. The molecule has 0 bridgehead atoms. The van der Waals surface area contributed by atoms with E-state index in [1.807, 2.05) is 18.7 Å². The zero-order chi connectivity index (χ0) is 26.3. The van der Waals surface area contributed by atoms with Crippen molar-refractivity contribution in [3.63, 3.8) is 0 Å². The van der Waals surface area contributed by atoms with Gasteiger partial charge in [-0.15, -0.1) is 0 Å². The molecule has 1 amide bonds. The average molecular weight is 498 g/mol. The van der Waals surface area contributed by atoms with Crippen molar-refractivity contribution in [2.24, 2.45) is 5.92 Å². The van der Waals surface area contributed by atoms with Gasteiger partial charge in [0, 0.05) is 49.1 Å². The maximum Gasteiger partial charge on any atom is 0.225 e. The van der Waals surface area contributed by atoms with E-state index in [2.05, 4.69) is 34.8 Å². The number of aromatic nitrogens is 4. The molecule has 0 aliphatic carbocycles. The highest BCUT2D eigenvalue weighted by Crippen LogP contribution is 2.40. The molecule has 0 N–H and O–H groups in total. The molecule has 1 aliphatic heterocycles. The molecule has 188 valence electrons. The number of carbonyl (C=O) groups excluding carboxylic acids is 1. The summed E-state index contributed by atoms with van der Waals surface area (Å²) in [5, 5.41) is 10.1. The molecule has 0 atom stereocenters. The summed E-state index contributed by atoms with van der Waals surface area (Å²) in [7, 11) is 0. The summed E-state index contributed by atoms with van der Waals surface area (Å²) in [5.74, 6) is 0.860. The van der Waals surface area contributed by atoms with Crippen molar-refractivity contribution in [3.05, 3.63) is 66.5 Å². The Morgan fingerprint density at radius 3 is 2.59 bits per heavy atom. The molecule has 1 aliphatic rings. The Morgan fingerprint density at radius 2 is 1.89 bits per heavy atom. The number of halogens is 1. The molecular formula is C28H28FN7O. The first-order valence-electron chi connectivity index (χ1n) is 12.2. The number of carbonyl (C=O) groups is 1. The van der Waals surface area contributed by atoms with Gasteiger partial charge in [0.1, 0.15) is 23.8 Å². The Kier molecular flexibility index (Phi) is 6.12. The van der Waals surface area contributed by atoms with Gasteiger partial charge in [-0.3, -0.25) is 9.36 Å². The van der Waals surface area contributed by atoms with Gasteiger partial charge in [0.2, 0.25) is 5.91 Å². The number of hydrogen-bond donors (Lipinski definition) is 0. The van der Waals surface area contributed by atoms with E-state index in [0.717, 1.165) is 0 Å². The number of benzene rings is 1. The maximum atomic E-state index is 15.1. The molecule has 9 heteroatoms. The summed E-state index contributed by atoms with van der Waals surface area (Å²) in [4.78, 5) is 30.5. The third kappa shape index (κ3) is 4.29. The molecule has 0 unspecified atom stereocenters. The van der Waals surface area contributed by atoms with Crippen molar-refractivity contribution in [2.75, 3.05) is 24.5 Å². The Labute approximate surface area is 215 Å². The van der Waals surface area contributed by atoms with Gasteiger partial charge in [-0.25, -0.2) is 19.3 Å². The lowest BCUT2D eigenvalue weighted by atomic mass is 9.96. The number of hydrogen-bond acceptors (Lipinski definition) is 6. The second kappa shape index (κ2) is 9.28. The predicted octanol–water partition coefficient (Wildman–Crippen LogP) is 4.58. The van der Waals surface area contributed by atoms with Crippen LogP contribution in [-0.4, -0.2) is 55.5 Å². The molecule has 4 aromatic rings. The molecule has 1 fully saturated rings. The maximum absolute atomic E-state index is 15.1. The van der Waals surface area contributed by atoms with E-state index >= 15 is 4.39 Å². The van der Waals surface area contributed by atoms with Gasteiger partial charge in [0.05, 0.1) is 22.6 Å². The first-order chi connectivity index (χ1) is 17.7. The SMILES string of the molecule is CC(C)C(=O)N1CCN(c2ncnc3c2c(-c2ccccc2F)cn3-c2cc(C#N)ccn2)C(C)(C)C1. The van der Waals surface area contributed by atoms with Crippen molar-refractivity contribution >= 4 is 22.8 Å². The van der Waals surface area contributed by atoms with E-state index in [1.165, 1.54) is 12.4 Å². The molecule has 5 rings (SSSR count). The van der Waals surface area contributed by atoms with Crippen LogP contribution in [0.25, 0.3) is 28.0 Å². The van der Waals surface area contributed by atoms with Gasteiger partial charge < -0.3 is 9.80 Å². The predicted molar refractivity (Wildman–Crippen MR) is 140 cm³/mol. The number of rotatable bonds is 4. The molecular weight excluding hydrogens is 469 g/mol. The molecule has 1 aromatic carbocycles. The highest BCUT2D eigenvalue weighted by molar-refractivity contribution is 6.02. The van der Waals surface area contributed by atoms with Gasteiger partial charge in [-0.05, 0) is 32.0 Å². The average Bonchev–Trinajstić information content (AvgIpc) is 3.28. The fraction of sp³-hybridized carbons (Fsp3) is 0.321. The van der Waals surface area contributed by atoms with Crippen LogP contribution >= 0.6 is 0 Å². The van der Waals surface area contributed by atoms with Crippen LogP contribution in [0.1, 0.15) is 33.3 Å². The van der Waals surface area contributed by atoms with Crippen molar-refractivity contribution < 1.29 is 9.18 Å². The van der Waals surface area contributed by atoms with Crippen LogP contribution in [0.15, 0.2) is 55.1 Å². The topological polar surface area (TPSA) is 90.9 Å². The molecule has 1 saturated heterocycles. The second-order valence-electron chi connectivity index (χ2n) is 10.2. The Hall–Kier alpha value is -4.32. The van der Waals surface area contributed by atoms with Crippen LogP contribution < -0.4 is 4.90 Å². The smallest absolute Gasteiger partial charge is 0.225 e. The van der Waals surface area contributed by atoms with Gasteiger partial charge in [-0.1, -0.05) is 32.0 Å². The Balaban J connectivity index is 1.71. The van der Waals surface area contributed by atoms with Gasteiger partial charge in [0.15, 0.2) is 5.65 Å². The number of amides is 1. The molecule has 4 heterocycles. The zero-order valence-electron chi connectivity index (χ0n) is 21.3. The van der Waals surface area contributed by atoms with Crippen molar-refractivity contribution in [1.29, 1.82) is 5.26 Å². The van der Waals surface area contributed by atoms with E-state index in [4.69, 9.17) is 4.98 Å². The first-order valence-corrected chi connectivity index (χ1v) is 12.2. The van der Waals surface area contributed by atoms with E-state index < -0.39 is 5.54 Å². The van der Waals surface area contributed by atoms with Crippen LogP contribution in [0.2, 0.25) is 0 Å². The van der Waals surface area contributed by atoms with Gasteiger partial charge >= 0.3 is 0 Å². The minimum absolute atomic E-state index is 0.0773. The third-order valence-electron chi connectivity index (χ3n) is 6.81. The van der Waals surface area contributed by atoms with E-state index in [0.29, 0.717) is 59.0 Å². The highest BCUT2D eigenvalue weighted by Gasteiger charge is 2.38. The summed E-state index contributed by atoms with van der Waals surface area (Å²) >= 11 is 0. The lowest BCUT2D eigenvalue weighted by molar-refractivity contribution is -0.135. The third-order valence-corrected chi connectivity index (χ3v) is 6.81. The number of piperazine rings is 1. The molecule has 37 heavy (non-hydrogen) atoms. The summed E-state index contributed by atoms with van der Waals surface area (Å²) in [5.41, 5.74) is 1.63. The Bertz CT molecular complexity index is 1540. The normalized spacial score (nSPS) is 15.3. The van der Waals surface area contributed by atoms with E-state index in [9.17, 15) is 10.1 Å². The van der Waals surface area contributed by atoms with Crippen molar-refractivity contribution in [1.82, 2.24) is 24.4 Å². The fourth-order valence-corrected chi connectivity index (χ4v) is 5.03. The zero-order valence-corrected chi connectivity index (χ0v) is 21.3. The summed E-state index contributed by atoms with van der Waals surface area (Å²) < 4.78 is 16.9. The lowest BCUT2D eigenvalue weighted by Gasteiger charge is -2.48. The number of pyridine rings is 1. The van der Waals surface area contributed by atoms with Crippen LogP contribution in [0.4, 0.5) is 10.2 Å². The summed E-state index contributed by atoms with van der Waals surface area (Å²) in [6.45, 7) is 9.66. The van der Waals surface area contributed by atoms with Gasteiger partial charge in [0.25, 0.3) is 0 Å². The minimum atomic E-state index is -0.433. The lowest BCUT2D eigenvalue weighted by Crippen LogP contribution is -2.61. The van der Waals surface area contributed by atoms with E-state index in [-0.39, 0.29) is 17.6 Å². The monoisotopic (exact) mass is 497 g/mol. The highest BCUT2D eigenvalue weighted by atomic mass is 19.1. The standard InChI is InChI=1S/C28H28FN7O/c1-18(2)27(37)34-11-12-36(28(3,4)16-34)26-24-21(20-7-5-6-8-22(20)29)15-35(25(24)32-17-33-26)23-13-19(14-30)9-10-31-23/h5-10,13,15,17-18H,11-12,16H2,1-4H3. The Morgan fingerprint density at radius 1 is 1.11 bits per heavy atom. The van der Waals surface area contributed by atoms with Crippen LogP contribution in [0, 0.1) is 23.1 Å². The number of fused-ring (bicyclic) bond motifs is 1. The van der Waals surface area contributed by atoms with Crippen LogP contribution in [0.3, 0.4) is 0 Å². The van der Waals surface area contributed by atoms with Crippen LogP contribution in [-0.2, 0) is 4.79 Å². The fourth-order valence-electron chi connectivity index (χ4n) is 5.03. The number of nitrogens with zero attached hydrogens (tertiary/aromatic N) is 7. The van der Waals surface area contributed by atoms with E-state index in [1.54, 1.807) is 47.3 Å². The summed E-state index contributed by atoms with van der Waals surface area (Å²) in [6.07, 6.45) is 4.87. The first kappa shape index (κ1) is 24.4.